The average molecular weight is 341 g/mol. The van der Waals surface area contributed by atoms with Crippen molar-refractivity contribution in [2.75, 3.05) is 52.4 Å². The van der Waals surface area contributed by atoms with Crippen LogP contribution in [0.1, 0.15) is 46.0 Å². The highest BCUT2D eigenvalue weighted by atomic mass is 16.3. The van der Waals surface area contributed by atoms with Gasteiger partial charge < -0.3 is 25.5 Å². The summed E-state index contributed by atoms with van der Waals surface area (Å²) in [5.74, 6) is 0. The van der Waals surface area contributed by atoms with Gasteiger partial charge in [-0.3, -0.25) is 0 Å². The molecule has 2 rings (SSSR count). The predicted octanol–water partition coefficient (Wildman–Crippen LogP) is 1.25. The van der Waals surface area contributed by atoms with Crippen LogP contribution in [0.2, 0.25) is 0 Å². The zero-order valence-corrected chi connectivity index (χ0v) is 15.5. The molecular weight excluding hydrogens is 304 g/mol. The maximum absolute atomic E-state index is 12.0. The molecule has 0 radical (unpaired) electrons. The molecule has 0 spiro atoms. The number of hydrogen-bond donors (Lipinski definition) is 3. The lowest BCUT2D eigenvalue weighted by Gasteiger charge is -2.34. The summed E-state index contributed by atoms with van der Waals surface area (Å²) in [5, 5.41) is 15.5. The molecule has 24 heavy (non-hydrogen) atoms. The highest BCUT2D eigenvalue weighted by Crippen LogP contribution is 2.37. The van der Waals surface area contributed by atoms with Crippen molar-refractivity contribution in [2.45, 2.75) is 52.0 Å². The molecule has 140 valence electrons. The Labute approximate surface area is 147 Å². The predicted molar refractivity (Wildman–Crippen MR) is 97.2 cm³/mol. The number of piperazine rings is 1. The fraction of sp³-hybridized carbons (Fsp3) is 0.944. The third-order valence-corrected chi connectivity index (χ3v) is 5.85. The van der Waals surface area contributed by atoms with Crippen molar-refractivity contribution in [1.29, 1.82) is 0 Å². The van der Waals surface area contributed by atoms with Crippen molar-refractivity contribution in [3.05, 3.63) is 0 Å². The Balaban J connectivity index is 1.52. The van der Waals surface area contributed by atoms with E-state index in [1.807, 2.05) is 0 Å². The molecule has 2 amide bonds. The zero-order valence-electron chi connectivity index (χ0n) is 15.5. The van der Waals surface area contributed by atoms with Gasteiger partial charge in [0, 0.05) is 44.2 Å². The summed E-state index contributed by atoms with van der Waals surface area (Å²) in [6.07, 6.45) is 5.18. The number of unbranched alkanes of at least 4 members (excludes halogenated alkanes) is 1. The molecule has 6 nitrogen and oxygen atoms in total. The molecule has 1 aliphatic heterocycles. The number of amides is 2. The molecule has 2 fully saturated rings. The Kier molecular flexibility index (Phi) is 7.78. The fourth-order valence-corrected chi connectivity index (χ4v) is 3.87. The minimum atomic E-state index is -0.155. The number of aliphatic hydroxyl groups excluding tert-OH is 1. The van der Waals surface area contributed by atoms with Crippen LogP contribution in [0.15, 0.2) is 0 Å². The molecule has 1 heterocycles. The minimum Gasteiger partial charge on any atom is -0.396 e. The molecule has 6 heteroatoms. The van der Waals surface area contributed by atoms with E-state index in [2.05, 4.69) is 34.3 Å². The third-order valence-electron chi connectivity index (χ3n) is 5.85. The Morgan fingerprint density at radius 1 is 1.21 bits per heavy atom. The van der Waals surface area contributed by atoms with E-state index in [0.717, 1.165) is 51.7 Å². The first-order valence-electron chi connectivity index (χ1n) is 9.67. The summed E-state index contributed by atoms with van der Waals surface area (Å²) in [7, 11) is 0. The first kappa shape index (κ1) is 19.5. The van der Waals surface area contributed by atoms with Crippen LogP contribution in [0.4, 0.5) is 4.79 Å². The van der Waals surface area contributed by atoms with E-state index < -0.39 is 0 Å². The van der Waals surface area contributed by atoms with E-state index in [1.54, 1.807) is 0 Å². The first-order chi connectivity index (χ1) is 11.6. The van der Waals surface area contributed by atoms with Gasteiger partial charge in [0.1, 0.15) is 0 Å². The second-order valence-electron chi connectivity index (χ2n) is 7.64. The summed E-state index contributed by atoms with van der Waals surface area (Å²) in [6, 6.07) is 0.00972. The van der Waals surface area contributed by atoms with Crippen molar-refractivity contribution in [3.8, 4) is 0 Å². The second-order valence-corrected chi connectivity index (χ2v) is 7.64. The van der Waals surface area contributed by atoms with Crippen LogP contribution in [0, 0.1) is 5.41 Å². The van der Waals surface area contributed by atoms with E-state index in [0.29, 0.717) is 0 Å². The van der Waals surface area contributed by atoms with E-state index in [4.69, 9.17) is 0 Å². The van der Waals surface area contributed by atoms with Crippen LogP contribution >= 0.6 is 0 Å². The van der Waals surface area contributed by atoms with E-state index >= 15 is 0 Å². The molecule has 2 atom stereocenters. The van der Waals surface area contributed by atoms with Crippen LogP contribution in [0.25, 0.3) is 0 Å². The van der Waals surface area contributed by atoms with Crippen molar-refractivity contribution < 1.29 is 9.90 Å². The normalized spacial score (nSPS) is 28.9. The molecule has 3 N–H and O–H groups in total. The van der Waals surface area contributed by atoms with Crippen LogP contribution in [0.3, 0.4) is 0 Å². The number of hydrogen-bond acceptors (Lipinski definition) is 4. The van der Waals surface area contributed by atoms with Crippen LogP contribution < -0.4 is 10.6 Å². The summed E-state index contributed by atoms with van der Waals surface area (Å²) in [6.45, 7) is 12.1. The topological polar surface area (TPSA) is 67.8 Å². The maximum atomic E-state index is 12.0. The number of carbonyl (C=O) groups excluding carboxylic acids is 1. The number of aliphatic hydroxyl groups is 1. The number of urea groups is 1. The molecule has 0 aromatic carbocycles. The number of nitrogens with one attached hydrogen (secondary N) is 2. The van der Waals surface area contributed by atoms with Crippen molar-refractivity contribution in [3.63, 3.8) is 0 Å². The smallest absolute Gasteiger partial charge is 0.315 e. The van der Waals surface area contributed by atoms with Gasteiger partial charge in [0.15, 0.2) is 0 Å². The van der Waals surface area contributed by atoms with Crippen molar-refractivity contribution >= 4 is 6.03 Å². The van der Waals surface area contributed by atoms with E-state index in [9.17, 15) is 9.90 Å². The molecule has 1 aliphatic carbocycles. The van der Waals surface area contributed by atoms with Gasteiger partial charge in [0.2, 0.25) is 0 Å². The van der Waals surface area contributed by atoms with Crippen LogP contribution in [-0.2, 0) is 0 Å². The number of nitrogens with zero attached hydrogens (tertiary/aromatic N) is 2. The minimum absolute atomic E-state index is 0.0851. The lowest BCUT2D eigenvalue weighted by Crippen LogP contribution is -2.49. The van der Waals surface area contributed by atoms with Gasteiger partial charge in [-0.1, -0.05) is 20.3 Å². The average Bonchev–Trinajstić information content (AvgIpc) is 2.96. The van der Waals surface area contributed by atoms with Gasteiger partial charge in [-0.05, 0) is 38.8 Å². The number of carbonyl (C=O) groups is 1. The van der Waals surface area contributed by atoms with Crippen LogP contribution in [0.5, 0.6) is 0 Å². The molecule has 2 unspecified atom stereocenters. The molecule has 0 aromatic rings. The highest BCUT2D eigenvalue weighted by molar-refractivity contribution is 5.74. The summed E-state index contributed by atoms with van der Waals surface area (Å²) < 4.78 is 0. The monoisotopic (exact) mass is 340 g/mol. The first-order valence-corrected chi connectivity index (χ1v) is 9.67. The highest BCUT2D eigenvalue weighted by Gasteiger charge is 2.39. The maximum Gasteiger partial charge on any atom is 0.315 e. The molecule has 1 saturated carbocycles. The Bertz CT molecular complexity index is 385. The van der Waals surface area contributed by atoms with E-state index in [-0.39, 0.29) is 24.1 Å². The number of rotatable bonds is 8. The third kappa shape index (κ3) is 5.60. The lowest BCUT2D eigenvalue weighted by molar-refractivity contribution is 0.121. The van der Waals surface area contributed by atoms with Gasteiger partial charge in [-0.15, -0.1) is 0 Å². The van der Waals surface area contributed by atoms with Gasteiger partial charge >= 0.3 is 6.03 Å². The van der Waals surface area contributed by atoms with Crippen molar-refractivity contribution in [2.24, 2.45) is 5.41 Å². The SMILES string of the molecule is CCN1CCN(CCCCNC(=O)NC2CCCC2(C)CO)CC1. The quantitative estimate of drug-likeness (QED) is 0.582. The second kappa shape index (κ2) is 9.59. The Hall–Kier alpha value is -0.850. The van der Waals surface area contributed by atoms with E-state index in [1.165, 1.54) is 26.2 Å². The zero-order chi connectivity index (χ0) is 17.4. The van der Waals surface area contributed by atoms with Crippen molar-refractivity contribution in [1.82, 2.24) is 20.4 Å². The molecule has 1 saturated heterocycles. The molecule has 0 bridgehead atoms. The Morgan fingerprint density at radius 3 is 2.58 bits per heavy atom. The van der Waals surface area contributed by atoms with Gasteiger partial charge in [0.05, 0.1) is 6.61 Å². The fourth-order valence-electron chi connectivity index (χ4n) is 3.87. The molecular formula is C18H36N4O2. The van der Waals surface area contributed by atoms with Gasteiger partial charge in [-0.2, -0.15) is 0 Å². The number of likely N-dealkylation sites (N-methyl/N-ethyl adjacent to an activating group) is 1. The van der Waals surface area contributed by atoms with Gasteiger partial charge in [0.25, 0.3) is 0 Å². The molecule has 0 aromatic heterocycles. The summed E-state index contributed by atoms with van der Waals surface area (Å²) >= 11 is 0. The standard InChI is InChI=1S/C18H36N4O2/c1-3-21-11-13-22(14-12-21)10-5-4-9-19-17(24)20-16-7-6-8-18(16,2)15-23/h16,23H,3-15H2,1-2H3,(H2,19,20,24). The van der Waals surface area contributed by atoms with Crippen LogP contribution in [-0.4, -0.2) is 79.4 Å². The summed E-state index contributed by atoms with van der Waals surface area (Å²) in [5.41, 5.74) is -0.155. The lowest BCUT2D eigenvalue weighted by atomic mass is 9.86. The van der Waals surface area contributed by atoms with Gasteiger partial charge in [-0.25, -0.2) is 4.79 Å². The molecule has 2 aliphatic rings. The largest absolute Gasteiger partial charge is 0.396 e. The summed E-state index contributed by atoms with van der Waals surface area (Å²) in [4.78, 5) is 17.0. The Morgan fingerprint density at radius 2 is 1.92 bits per heavy atom.